The van der Waals surface area contributed by atoms with Crippen molar-refractivity contribution in [2.75, 3.05) is 20.1 Å². The van der Waals surface area contributed by atoms with E-state index in [9.17, 15) is 4.79 Å². The van der Waals surface area contributed by atoms with E-state index in [2.05, 4.69) is 41.3 Å². The van der Waals surface area contributed by atoms with Crippen molar-refractivity contribution in [3.05, 3.63) is 28.2 Å². The van der Waals surface area contributed by atoms with Gasteiger partial charge in [0.2, 0.25) is 0 Å². The third-order valence-electron chi connectivity index (χ3n) is 2.49. The molecule has 0 aromatic carbocycles. The molecule has 0 saturated heterocycles. The first-order valence-corrected chi connectivity index (χ1v) is 5.58. The van der Waals surface area contributed by atoms with Gasteiger partial charge in [0.05, 0.1) is 5.69 Å². The Morgan fingerprint density at radius 2 is 2.31 bits per heavy atom. The smallest absolute Gasteiger partial charge is 0.264 e. The molecule has 0 amide bonds. The fraction of sp³-hybridized carbons (Fsp3) is 0.636. The lowest BCUT2D eigenvalue weighted by atomic mass is 10.3. The van der Waals surface area contributed by atoms with Crippen LogP contribution in [0.3, 0.4) is 0 Å². The molecule has 1 atom stereocenters. The first kappa shape index (κ1) is 12.9. The molecular formula is C11H20N4O. The van der Waals surface area contributed by atoms with E-state index >= 15 is 0 Å². The maximum Gasteiger partial charge on any atom is 0.264 e. The molecular weight excluding hydrogens is 204 g/mol. The molecule has 5 nitrogen and oxygen atoms in total. The number of hydrogen-bond donors (Lipinski definition) is 2. The van der Waals surface area contributed by atoms with Crippen LogP contribution in [0.1, 0.15) is 19.5 Å². The fourth-order valence-corrected chi connectivity index (χ4v) is 1.41. The van der Waals surface area contributed by atoms with E-state index in [1.165, 1.54) is 6.07 Å². The zero-order valence-electron chi connectivity index (χ0n) is 10.2. The SMILES string of the molecule is CCN(C)CC(C)NCc1ccc(=O)[nH]n1. The van der Waals surface area contributed by atoms with Crippen LogP contribution in [-0.2, 0) is 6.54 Å². The van der Waals surface area contributed by atoms with Gasteiger partial charge in [-0.05, 0) is 26.6 Å². The number of hydrogen-bond acceptors (Lipinski definition) is 4. The van der Waals surface area contributed by atoms with Crippen molar-refractivity contribution in [1.29, 1.82) is 0 Å². The average Bonchev–Trinajstić information content (AvgIpc) is 2.28. The third-order valence-corrected chi connectivity index (χ3v) is 2.49. The van der Waals surface area contributed by atoms with Crippen LogP contribution in [0, 0.1) is 0 Å². The summed E-state index contributed by atoms with van der Waals surface area (Å²) in [5.41, 5.74) is 0.688. The quantitative estimate of drug-likeness (QED) is 0.724. The lowest BCUT2D eigenvalue weighted by Gasteiger charge is -2.20. The Morgan fingerprint density at radius 3 is 2.88 bits per heavy atom. The second kappa shape index (κ2) is 6.40. The highest BCUT2D eigenvalue weighted by Crippen LogP contribution is 1.92. The summed E-state index contributed by atoms with van der Waals surface area (Å²) in [4.78, 5) is 13.0. The Balaban J connectivity index is 2.34. The van der Waals surface area contributed by atoms with Crippen LogP contribution in [-0.4, -0.2) is 41.3 Å². The second-order valence-corrected chi connectivity index (χ2v) is 4.05. The van der Waals surface area contributed by atoms with Crippen molar-refractivity contribution in [2.45, 2.75) is 26.4 Å². The highest BCUT2D eigenvalue weighted by Gasteiger charge is 2.04. The van der Waals surface area contributed by atoms with Crippen LogP contribution >= 0.6 is 0 Å². The summed E-state index contributed by atoms with van der Waals surface area (Å²) >= 11 is 0. The van der Waals surface area contributed by atoms with Crippen LogP contribution in [0.4, 0.5) is 0 Å². The van der Waals surface area contributed by atoms with Gasteiger partial charge in [0.25, 0.3) is 5.56 Å². The number of nitrogens with one attached hydrogen (secondary N) is 2. The minimum Gasteiger partial charge on any atom is -0.307 e. The van der Waals surface area contributed by atoms with Gasteiger partial charge in [-0.1, -0.05) is 6.92 Å². The molecule has 0 saturated carbocycles. The maximum atomic E-state index is 10.8. The number of rotatable bonds is 6. The van der Waals surface area contributed by atoms with Gasteiger partial charge in [0.1, 0.15) is 0 Å². The third kappa shape index (κ3) is 4.55. The fourth-order valence-electron chi connectivity index (χ4n) is 1.41. The number of H-pyrrole nitrogens is 1. The predicted molar refractivity (Wildman–Crippen MR) is 64.3 cm³/mol. The first-order chi connectivity index (χ1) is 7.61. The molecule has 1 unspecified atom stereocenters. The molecule has 90 valence electrons. The van der Waals surface area contributed by atoms with Crippen LogP contribution in [0.5, 0.6) is 0 Å². The van der Waals surface area contributed by atoms with Crippen LogP contribution in [0.2, 0.25) is 0 Å². The van der Waals surface area contributed by atoms with Gasteiger partial charge in [0, 0.05) is 25.2 Å². The molecule has 0 aliphatic rings. The zero-order valence-corrected chi connectivity index (χ0v) is 10.2. The minimum atomic E-state index is -0.164. The first-order valence-electron chi connectivity index (χ1n) is 5.58. The van der Waals surface area contributed by atoms with Crippen molar-refractivity contribution < 1.29 is 0 Å². The van der Waals surface area contributed by atoms with Crippen molar-refractivity contribution in [2.24, 2.45) is 0 Å². The number of likely N-dealkylation sites (N-methyl/N-ethyl adjacent to an activating group) is 1. The molecule has 1 aromatic heterocycles. The molecule has 0 bridgehead atoms. The van der Waals surface area contributed by atoms with E-state index < -0.39 is 0 Å². The van der Waals surface area contributed by atoms with E-state index in [0.29, 0.717) is 12.6 Å². The summed E-state index contributed by atoms with van der Waals surface area (Å²) in [6, 6.07) is 3.63. The largest absolute Gasteiger partial charge is 0.307 e. The molecule has 0 fully saturated rings. The lowest BCUT2D eigenvalue weighted by Crippen LogP contribution is -2.37. The lowest BCUT2D eigenvalue weighted by molar-refractivity contribution is 0.309. The van der Waals surface area contributed by atoms with Crippen molar-refractivity contribution in [3.63, 3.8) is 0 Å². The van der Waals surface area contributed by atoms with Crippen LogP contribution < -0.4 is 10.9 Å². The Morgan fingerprint density at radius 1 is 1.56 bits per heavy atom. The van der Waals surface area contributed by atoms with Crippen LogP contribution in [0.25, 0.3) is 0 Å². The summed E-state index contributed by atoms with van der Waals surface area (Å²) in [5.74, 6) is 0. The molecule has 2 N–H and O–H groups in total. The highest BCUT2D eigenvalue weighted by molar-refractivity contribution is 4.99. The number of aromatic nitrogens is 2. The van der Waals surface area contributed by atoms with Gasteiger partial charge in [-0.3, -0.25) is 4.79 Å². The van der Waals surface area contributed by atoms with Gasteiger partial charge in [-0.25, -0.2) is 5.10 Å². The molecule has 16 heavy (non-hydrogen) atoms. The van der Waals surface area contributed by atoms with Gasteiger partial charge in [0.15, 0.2) is 0 Å². The monoisotopic (exact) mass is 224 g/mol. The maximum absolute atomic E-state index is 10.8. The van der Waals surface area contributed by atoms with Gasteiger partial charge in [-0.2, -0.15) is 5.10 Å². The molecule has 1 aromatic rings. The van der Waals surface area contributed by atoms with Gasteiger partial charge < -0.3 is 10.2 Å². The molecule has 0 aliphatic carbocycles. The Hall–Kier alpha value is -1.20. The summed E-state index contributed by atoms with van der Waals surface area (Å²) in [6.07, 6.45) is 0. The molecule has 0 radical (unpaired) electrons. The van der Waals surface area contributed by atoms with Gasteiger partial charge in [-0.15, -0.1) is 0 Å². The topological polar surface area (TPSA) is 61.0 Å². The minimum absolute atomic E-state index is 0.164. The van der Waals surface area contributed by atoms with E-state index in [0.717, 1.165) is 18.8 Å². The Labute approximate surface area is 95.9 Å². The normalized spacial score (nSPS) is 13.0. The van der Waals surface area contributed by atoms with E-state index in [4.69, 9.17) is 0 Å². The molecule has 0 aliphatic heterocycles. The van der Waals surface area contributed by atoms with E-state index in [1.54, 1.807) is 6.07 Å². The molecule has 1 heterocycles. The van der Waals surface area contributed by atoms with Gasteiger partial charge >= 0.3 is 0 Å². The molecule has 5 heteroatoms. The van der Waals surface area contributed by atoms with Crippen molar-refractivity contribution in [1.82, 2.24) is 20.4 Å². The predicted octanol–water partition coefficient (Wildman–Crippen LogP) is 0.200. The van der Waals surface area contributed by atoms with Crippen molar-refractivity contribution >= 4 is 0 Å². The van der Waals surface area contributed by atoms with E-state index in [1.807, 2.05) is 0 Å². The highest BCUT2D eigenvalue weighted by atomic mass is 16.1. The van der Waals surface area contributed by atoms with Crippen molar-refractivity contribution in [3.8, 4) is 0 Å². The summed E-state index contributed by atoms with van der Waals surface area (Å²) < 4.78 is 0. The second-order valence-electron chi connectivity index (χ2n) is 4.05. The summed E-state index contributed by atoms with van der Waals surface area (Å²) in [6.45, 7) is 6.99. The van der Waals surface area contributed by atoms with Crippen LogP contribution in [0.15, 0.2) is 16.9 Å². The number of nitrogens with zero attached hydrogens (tertiary/aromatic N) is 2. The molecule has 0 spiro atoms. The summed E-state index contributed by atoms with van der Waals surface area (Å²) in [7, 11) is 2.09. The zero-order chi connectivity index (χ0) is 12.0. The number of aromatic amines is 1. The molecule has 1 rings (SSSR count). The Bertz CT molecular complexity index is 343. The standard InChI is InChI=1S/C11H20N4O/c1-4-15(3)8-9(2)12-7-10-5-6-11(16)14-13-10/h5-6,9,12H,4,7-8H2,1-3H3,(H,14,16). The van der Waals surface area contributed by atoms with E-state index in [-0.39, 0.29) is 5.56 Å². The summed E-state index contributed by atoms with van der Waals surface area (Å²) in [5, 5.41) is 9.71. The average molecular weight is 224 g/mol. The Kier molecular flexibility index (Phi) is 5.14.